The summed E-state index contributed by atoms with van der Waals surface area (Å²) < 4.78 is 27.0. The van der Waals surface area contributed by atoms with E-state index in [1.807, 2.05) is 0 Å². The number of halogens is 2. The third-order valence-corrected chi connectivity index (χ3v) is 4.05. The first-order valence-corrected chi connectivity index (χ1v) is 9.24. The Morgan fingerprint density at radius 3 is 1.40 bits per heavy atom. The molecule has 0 aliphatic carbocycles. The maximum atomic E-state index is 13.5. The van der Waals surface area contributed by atoms with E-state index in [4.69, 9.17) is 24.4 Å². The monoisotopic (exact) mass is 452 g/mol. The van der Waals surface area contributed by atoms with Gasteiger partial charge in [0.15, 0.2) is 10.2 Å². The van der Waals surface area contributed by atoms with Gasteiger partial charge in [-0.05, 0) is 73.7 Å². The van der Waals surface area contributed by atoms with Gasteiger partial charge in [0.25, 0.3) is 0 Å². The number of rotatable bonds is 2. The van der Waals surface area contributed by atoms with Crippen LogP contribution in [0, 0.1) is 25.5 Å². The van der Waals surface area contributed by atoms with Crippen LogP contribution in [-0.2, 0) is 9.59 Å². The molecule has 0 saturated carbocycles. The van der Waals surface area contributed by atoms with Crippen molar-refractivity contribution in [1.82, 2.24) is 21.7 Å². The van der Waals surface area contributed by atoms with Crippen LogP contribution in [0.2, 0.25) is 0 Å². The number of aryl methyl sites for hydroxylation is 2. The summed E-state index contributed by atoms with van der Waals surface area (Å²) in [5.41, 5.74) is 10.4. The van der Waals surface area contributed by atoms with Crippen LogP contribution in [0.1, 0.15) is 11.1 Å². The quantitative estimate of drug-likeness (QED) is 0.233. The highest BCUT2D eigenvalue weighted by Crippen LogP contribution is 2.14. The fraction of sp³-hybridized carbons (Fsp3) is 0.111. The highest BCUT2D eigenvalue weighted by atomic mass is 32.1. The molecule has 0 atom stereocenters. The molecule has 0 aliphatic heterocycles. The molecule has 0 bridgehead atoms. The van der Waals surface area contributed by atoms with E-state index in [1.165, 1.54) is 12.1 Å². The number of amides is 2. The number of nitrogens with one attached hydrogen (secondary N) is 6. The van der Waals surface area contributed by atoms with Crippen LogP contribution < -0.4 is 32.3 Å². The van der Waals surface area contributed by atoms with Crippen molar-refractivity contribution in [2.24, 2.45) is 0 Å². The van der Waals surface area contributed by atoms with Gasteiger partial charge in [0, 0.05) is 11.4 Å². The Balaban J connectivity index is 1.73. The second-order valence-corrected chi connectivity index (χ2v) is 6.81. The normalized spacial score (nSPS) is 9.87. The van der Waals surface area contributed by atoms with E-state index >= 15 is 0 Å². The Bertz CT molecular complexity index is 923. The zero-order valence-electron chi connectivity index (χ0n) is 15.9. The number of hydrogen-bond acceptors (Lipinski definition) is 4. The second-order valence-electron chi connectivity index (χ2n) is 5.99. The number of hydrazine groups is 2. The zero-order valence-corrected chi connectivity index (χ0v) is 17.5. The Morgan fingerprint density at radius 1 is 0.700 bits per heavy atom. The molecule has 8 nitrogen and oxygen atoms in total. The van der Waals surface area contributed by atoms with E-state index in [9.17, 15) is 18.4 Å². The number of thiocarbonyl (C=S) groups is 2. The molecular weight excluding hydrogens is 434 g/mol. The van der Waals surface area contributed by atoms with Gasteiger partial charge in [-0.25, -0.2) is 8.78 Å². The van der Waals surface area contributed by atoms with Crippen LogP contribution in [0.15, 0.2) is 36.4 Å². The van der Waals surface area contributed by atoms with Crippen molar-refractivity contribution < 1.29 is 18.4 Å². The molecule has 0 aromatic heterocycles. The Kier molecular flexibility index (Phi) is 7.95. The third-order valence-electron chi connectivity index (χ3n) is 3.64. The smallest absolute Gasteiger partial charge is 0.329 e. The Morgan fingerprint density at radius 2 is 1.07 bits per heavy atom. The maximum absolute atomic E-state index is 13.5. The van der Waals surface area contributed by atoms with Crippen molar-refractivity contribution in [2.45, 2.75) is 13.8 Å². The van der Waals surface area contributed by atoms with Crippen molar-refractivity contribution >= 4 is 57.8 Å². The van der Waals surface area contributed by atoms with Crippen molar-refractivity contribution in [3.63, 3.8) is 0 Å². The van der Waals surface area contributed by atoms with Gasteiger partial charge in [0.2, 0.25) is 0 Å². The summed E-state index contributed by atoms with van der Waals surface area (Å²) in [6.07, 6.45) is 0. The molecule has 2 aromatic rings. The predicted molar refractivity (Wildman–Crippen MR) is 117 cm³/mol. The van der Waals surface area contributed by atoms with Gasteiger partial charge in [-0.15, -0.1) is 0 Å². The highest BCUT2D eigenvalue weighted by Gasteiger charge is 2.14. The van der Waals surface area contributed by atoms with Crippen LogP contribution in [0.4, 0.5) is 20.2 Å². The maximum Gasteiger partial charge on any atom is 0.329 e. The first kappa shape index (κ1) is 22.9. The minimum Gasteiger partial charge on any atom is -0.331 e. The molecule has 6 N–H and O–H groups in total. The SMILES string of the molecule is Cc1ccc(NC(=S)NNC(=O)C(=O)NNC(=S)Nc2ccc(C)c(F)c2)cc1F. The lowest BCUT2D eigenvalue weighted by atomic mass is 10.2. The van der Waals surface area contributed by atoms with Crippen LogP contribution in [-0.4, -0.2) is 22.0 Å². The molecule has 0 radical (unpaired) electrons. The fourth-order valence-corrected chi connectivity index (χ4v) is 2.34. The van der Waals surface area contributed by atoms with Gasteiger partial charge in [-0.2, -0.15) is 0 Å². The molecule has 0 fully saturated rings. The van der Waals surface area contributed by atoms with Gasteiger partial charge >= 0.3 is 11.8 Å². The molecule has 0 unspecified atom stereocenters. The summed E-state index contributed by atoms with van der Waals surface area (Å²) in [4.78, 5) is 23.5. The minimum absolute atomic E-state index is 0.0639. The molecule has 30 heavy (non-hydrogen) atoms. The summed E-state index contributed by atoms with van der Waals surface area (Å²) in [5, 5.41) is 5.17. The van der Waals surface area contributed by atoms with E-state index in [1.54, 1.807) is 38.1 Å². The third kappa shape index (κ3) is 6.90. The van der Waals surface area contributed by atoms with E-state index in [-0.39, 0.29) is 10.2 Å². The van der Waals surface area contributed by atoms with Crippen molar-refractivity contribution in [3.8, 4) is 0 Å². The fourth-order valence-electron chi connectivity index (χ4n) is 2.01. The lowest BCUT2D eigenvalue weighted by Crippen LogP contribution is -2.53. The first-order valence-electron chi connectivity index (χ1n) is 8.42. The van der Waals surface area contributed by atoms with Gasteiger partial charge in [0.05, 0.1) is 0 Å². The summed E-state index contributed by atoms with van der Waals surface area (Å²) in [7, 11) is 0. The van der Waals surface area contributed by atoms with Gasteiger partial charge in [-0.3, -0.25) is 31.3 Å². The molecule has 12 heteroatoms. The molecule has 2 amide bonds. The standard InChI is InChI=1S/C18H18F2N6O2S2/c1-9-3-5-11(7-13(9)19)21-17(29)25-23-15(27)16(28)24-26-18(30)22-12-6-4-10(2)14(20)8-12/h3-8H,1-2H3,(H,23,27)(H,24,28)(H2,21,25,29)(H2,22,26,30). The van der Waals surface area contributed by atoms with E-state index in [0.717, 1.165) is 0 Å². The Labute approximate surface area is 181 Å². The Hall–Kier alpha value is -3.38. The van der Waals surface area contributed by atoms with Crippen LogP contribution in [0.25, 0.3) is 0 Å². The predicted octanol–water partition coefficient (Wildman–Crippen LogP) is 1.92. The summed E-state index contributed by atoms with van der Waals surface area (Å²) in [6.45, 7) is 3.23. The lowest BCUT2D eigenvalue weighted by molar-refractivity contribution is -0.139. The molecule has 2 aromatic carbocycles. The van der Waals surface area contributed by atoms with Crippen molar-refractivity contribution in [2.75, 3.05) is 10.6 Å². The molecule has 0 aliphatic rings. The van der Waals surface area contributed by atoms with Crippen molar-refractivity contribution in [3.05, 3.63) is 59.2 Å². The minimum atomic E-state index is -1.08. The average molecular weight is 453 g/mol. The second kappa shape index (κ2) is 10.4. The molecule has 158 valence electrons. The van der Waals surface area contributed by atoms with Gasteiger partial charge in [0.1, 0.15) is 11.6 Å². The summed E-state index contributed by atoms with van der Waals surface area (Å²) in [6, 6.07) is 8.77. The first-order chi connectivity index (χ1) is 14.2. The molecule has 0 spiro atoms. The van der Waals surface area contributed by atoms with E-state index < -0.39 is 23.4 Å². The molecule has 0 heterocycles. The number of anilines is 2. The summed E-state index contributed by atoms with van der Waals surface area (Å²) in [5.74, 6) is -3.00. The van der Waals surface area contributed by atoms with Gasteiger partial charge in [-0.1, -0.05) is 12.1 Å². The zero-order chi connectivity index (χ0) is 22.3. The lowest BCUT2D eigenvalue weighted by Gasteiger charge is -2.13. The topological polar surface area (TPSA) is 106 Å². The van der Waals surface area contributed by atoms with Crippen LogP contribution in [0.3, 0.4) is 0 Å². The number of carbonyl (C=O) groups is 2. The molecular formula is C18H18F2N6O2S2. The largest absolute Gasteiger partial charge is 0.331 e. The highest BCUT2D eigenvalue weighted by molar-refractivity contribution is 7.80. The van der Waals surface area contributed by atoms with E-state index in [0.29, 0.717) is 22.5 Å². The van der Waals surface area contributed by atoms with Gasteiger partial charge < -0.3 is 10.6 Å². The summed E-state index contributed by atoms with van der Waals surface area (Å²) >= 11 is 9.90. The van der Waals surface area contributed by atoms with E-state index in [2.05, 4.69) is 32.3 Å². The molecule has 2 rings (SSSR count). The van der Waals surface area contributed by atoms with Crippen molar-refractivity contribution in [1.29, 1.82) is 0 Å². The number of carbonyl (C=O) groups excluding carboxylic acids is 2. The average Bonchev–Trinajstić information content (AvgIpc) is 2.70. The molecule has 0 saturated heterocycles. The van der Waals surface area contributed by atoms with Crippen LogP contribution in [0.5, 0.6) is 0 Å². The number of hydrogen-bond donors (Lipinski definition) is 6. The van der Waals surface area contributed by atoms with Crippen LogP contribution >= 0.6 is 24.4 Å². The number of benzene rings is 2.